The van der Waals surface area contributed by atoms with E-state index in [1.54, 1.807) is 4.90 Å². The van der Waals surface area contributed by atoms with Crippen LogP contribution in [0.4, 0.5) is 0 Å². The van der Waals surface area contributed by atoms with Crippen molar-refractivity contribution in [2.24, 2.45) is 5.16 Å². The lowest BCUT2D eigenvalue weighted by atomic mass is 9.84. The molecular weight excluding hydrogens is 228 g/mol. The molecule has 18 heavy (non-hydrogen) atoms. The Morgan fingerprint density at radius 2 is 1.78 bits per heavy atom. The van der Waals surface area contributed by atoms with Crippen LogP contribution in [0.5, 0.6) is 0 Å². The Balaban J connectivity index is 2.33. The molecule has 0 unspecified atom stereocenters. The summed E-state index contributed by atoms with van der Waals surface area (Å²) in [5.74, 6) is 0.821. The minimum absolute atomic E-state index is 0.107. The lowest BCUT2D eigenvalue weighted by Crippen LogP contribution is -2.60. The zero-order valence-corrected chi connectivity index (χ0v) is 11.7. The average Bonchev–Trinajstić information content (AvgIpc) is 2.28. The topological polar surface area (TPSA) is 41.9 Å². The molecule has 2 aliphatic rings. The van der Waals surface area contributed by atoms with Gasteiger partial charge in [-0.05, 0) is 46.5 Å². The van der Waals surface area contributed by atoms with Gasteiger partial charge in [0.2, 0.25) is 0 Å². The van der Waals surface area contributed by atoms with Crippen LogP contribution in [0.25, 0.3) is 0 Å². The first-order valence-electron chi connectivity index (χ1n) is 6.65. The normalized spacial score (nSPS) is 23.4. The Kier molecular flexibility index (Phi) is 3.46. The first-order valence-corrected chi connectivity index (χ1v) is 6.65. The minimum atomic E-state index is -0.243. The molecule has 0 aromatic carbocycles. The van der Waals surface area contributed by atoms with Gasteiger partial charge in [0.05, 0.1) is 5.57 Å². The number of carbonyl (C=O) groups is 1. The third kappa shape index (κ3) is 2.16. The van der Waals surface area contributed by atoms with Crippen molar-refractivity contribution >= 4 is 11.7 Å². The number of hydrogen-bond donors (Lipinski definition) is 0. The van der Waals surface area contributed by atoms with Gasteiger partial charge in [-0.3, -0.25) is 9.69 Å². The average molecular weight is 250 g/mol. The third-order valence-electron chi connectivity index (χ3n) is 3.51. The fourth-order valence-corrected chi connectivity index (χ4v) is 2.70. The van der Waals surface area contributed by atoms with E-state index in [4.69, 9.17) is 4.84 Å². The molecule has 0 bridgehead atoms. The monoisotopic (exact) mass is 250 g/mol. The number of rotatable bonds is 1. The van der Waals surface area contributed by atoms with E-state index in [0.29, 0.717) is 5.84 Å². The summed E-state index contributed by atoms with van der Waals surface area (Å²) in [7, 11) is 1.53. The van der Waals surface area contributed by atoms with Gasteiger partial charge in [0, 0.05) is 5.54 Å². The van der Waals surface area contributed by atoms with Crippen LogP contribution in [0.1, 0.15) is 52.9 Å². The van der Waals surface area contributed by atoms with Gasteiger partial charge in [0.25, 0.3) is 5.91 Å². The Morgan fingerprint density at radius 1 is 1.17 bits per heavy atom. The molecule has 1 aliphatic carbocycles. The molecule has 1 aliphatic heterocycles. The Morgan fingerprint density at radius 3 is 2.28 bits per heavy atom. The number of amides is 1. The Bertz CT molecular complexity index is 408. The second-order valence-corrected chi connectivity index (χ2v) is 5.95. The molecule has 1 saturated carbocycles. The van der Waals surface area contributed by atoms with Crippen LogP contribution in [0.15, 0.2) is 16.3 Å². The summed E-state index contributed by atoms with van der Waals surface area (Å²) in [6.07, 6.45) is 5.69. The number of carbonyl (C=O) groups excluding carboxylic acids is 1. The highest BCUT2D eigenvalue weighted by molar-refractivity contribution is 6.36. The zero-order chi connectivity index (χ0) is 13.3. The highest BCUT2D eigenvalue weighted by atomic mass is 16.6. The number of amidine groups is 1. The van der Waals surface area contributed by atoms with Gasteiger partial charge in [-0.1, -0.05) is 17.1 Å². The molecule has 1 heterocycles. The van der Waals surface area contributed by atoms with Crippen molar-refractivity contribution in [3.8, 4) is 0 Å². The predicted octanol–water partition coefficient (Wildman–Crippen LogP) is 2.85. The lowest BCUT2D eigenvalue weighted by molar-refractivity contribution is -0.129. The SMILES string of the molecule is CON=C1C(=C2CCCCC2)C(=O)N1C(C)(C)C. The van der Waals surface area contributed by atoms with E-state index in [1.165, 1.54) is 31.9 Å². The van der Waals surface area contributed by atoms with Crippen LogP contribution < -0.4 is 0 Å². The number of β-lactam (4-membered cyclic amide) rings is 1. The minimum Gasteiger partial charge on any atom is -0.397 e. The molecule has 0 N–H and O–H groups in total. The standard InChI is InChI=1S/C14H22N2O2/c1-14(2,3)16-12(15-18-4)11(13(16)17)10-8-6-5-7-9-10/h5-9H2,1-4H3. The van der Waals surface area contributed by atoms with Crippen molar-refractivity contribution in [1.82, 2.24) is 4.90 Å². The second kappa shape index (κ2) is 4.75. The van der Waals surface area contributed by atoms with Crippen LogP contribution in [-0.4, -0.2) is 29.3 Å². The van der Waals surface area contributed by atoms with Crippen molar-refractivity contribution in [2.75, 3.05) is 7.11 Å². The maximum atomic E-state index is 12.3. The summed E-state index contributed by atoms with van der Waals surface area (Å²) in [4.78, 5) is 19.0. The largest absolute Gasteiger partial charge is 0.397 e. The fourth-order valence-electron chi connectivity index (χ4n) is 2.70. The predicted molar refractivity (Wildman–Crippen MR) is 71.2 cm³/mol. The van der Waals surface area contributed by atoms with Gasteiger partial charge >= 0.3 is 0 Å². The van der Waals surface area contributed by atoms with Gasteiger partial charge in [0.15, 0.2) is 5.84 Å². The summed E-state index contributed by atoms with van der Waals surface area (Å²) in [6, 6.07) is 0. The van der Waals surface area contributed by atoms with Gasteiger partial charge in [-0.25, -0.2) is 0 Å². The van der Waals surface area contributed by atoms with Crippen molar-refractivity contribution in [1.29, 1.82) is 0 Å². The molecule has 0 aromatic rings. The van der Waals surface area contributed by atoms with E-state index in [2.05, 4.69) is 5.16 Å². The molecule has 2 fully saturated rings. The molecule has 4 nitrogen and oxygen atoms in total. The van der Waals surface area contributed by atoms with Crippen LogP contribution in [0.2, 0.25) is 0 Å². The highest BCUT2D eigenvalue weighted by Gasteiger charge is 2.47. The van der Waals surface area contributed by atoms with E-state index < -0.39 is 0 Å². The maximum absolute atomic E-state index is 12.3. The van der Waals surface area contributed by atoms with E-state index in [9.17, 15) is 4.79 Å². The summed E-state index contributed by atoms with van der Waals surface area (Å²) >= 11 is 0. The summed E-state index contributed by atoms with van der Waals surface area (Å²) in [6.45, 7) is 6.04. The van der Waals surface area contributed by atoms with Gasteiger partial charge in [-0.15, -0.1) is 0 Å². The van der Waals surface area contributed by atoms with E-state index in [0.717, 1.165) is 18.4 Å². The number of allylic oxidation sites excluding steroid dienone is 1. The molecule has 0 radical (unpaired) electrons. The maximum Gasteiger partial charge on any atom is 0.263 e. The summed E-state index contributed by atoms with van der Waals surface area (Å²) in [5.41, 5.74) is 1.83. The Labute approximate surface area is 109 Å². The first kappa shape index (κ1) is 13.1. The third-order valence-corrected chi connectivity index (χ3v) is 3.51. The first-order chi connectivity index (χ1) is 8.46. The van der Waals surface area contributed by atoms with Crippen LogP contribution >= 0.6 is 0 Å². The quantitative estimate of drug-likeness (QED) is 0.408. The van der Waals surface area contributed by atoms with Crippen molar-refractivity contribution in [3.05, 3.63) is 11.1 Å². The zero-order valence-electron chi connectivity index (χ0n) is 11.7. The fraction of sp³-hybridized carbons (Fsp3) is 0.714. The molecule has 1 saturated heterocycles. The highest BCUT2D eigenvalue weighted by Crippen LogP contribution is 2.36. The van der Waals surface area contributed by atoms with Crippen LogP contribution in [0.3, 0.4) is 0 Å². The van der Waals surface area contributed by atoms with Crippen LogP contribution in [0, 0.1) is 0 Å². The van der Waals surface area contributed by atoms with Gasteiger partial charge < -0.3 is 4.84 Å². The number of oxime groups is 1. The van der Waals surface area contributed by atoms with Crippen molar-refractivity contribution in [2.45, 2.75) is 58.4 Å². The molecule has 0 atom stereocenters. The van der Waals surface area contributed by atoms with Gasteiger partial charge in [0.1, 0.15) is 7.11 Å². The summed E-state index contributed by atoms with van der Waals surface area (Å²) in [5, 5.41) is 4.05. The number of likely N-dealkylation sites (tertiary alicyclic amines) is 1. The van der Waals surface area contributed by atoms with Crippen molar-refractivity contribution in [3.63, 3.8) is 0 Å². The summed E-state index contributed by atoms with van der Waals surface area (Å²) < 4.78 is 0. The molecular formula is C14H22N2O2. The smallest absolute Gasteiger partial charge is 0.263 e. The van der Waals surface area contributed by atoms with E-state index in [-0.39, 0.29) is 11.4 Å². The molecule has 0 aromatic heterocycles. The molecule has 0 spiro atoms. The number of nitrogens with zero attached hydrogens (tertiary/aromatic N) is 2. The van der Waals surface area contributed by atoms with E-state index in [1.807, 2.05) is 20.8 Å². The molecule has 100 valence electrons. The van der Waals surface area contributed by atoms with E-state index >= 15 is 0 Å². The second-order valence-electron chi connectivity index (χ2n) is 5.95. The van der Waals surface area contributed by atoms with Gasteiger partial charge in [-0.2, -0.15) is 0 Å². The lowest BCUT2D eigenvalue weighted by Gasteiger charge is -2.44. The number of hydrogen-bond acceptors (Lipinski definition) is 3. The molecule has 1 amide bonds. The van der Waals surface area contributed by atoms with Crippen molar-refractivity contribution < 1.29 is 9.63 Å². The Hall–Kier alpha value is -1.32. The molecule has 4 heteroatoms. The molecule has 2 rings (SSSR count). The van der Waals surface area contributed by atoms with Crippen LogP contribution in [-0.2, 0) is 9.63 Å².